The third-order valence-corrected chi connectivity index (χ3v) is 10.8. The summed E-state index contributed by atoms with van der Waals surface area (Å²) in [6, 6.07) is 50.7. The summed E-state index contributed by atoms with van der Waals surface area (Å²) in [5, 5.41) is 10.4. The van der Waals surface area contributed by atoms with Crippen LogP contribution >= 0.6 is 11.3 Å². The highest BCUT2D eigenvalue weighted by atomic mass is 32.1. The minimum atomic E-state index is 0.981. The van der Waals surface area contributed by atoms with Crippen LogP contribution in [0.2, 0.25) is 0 Å². The maximum Gasteiger partial charge on any atom is 0.138 e. The Balaban J connectivity index is 1.32. The maximum atomic E-state index is 5.09. The molecule has 0 amide bonds. The summed E-state index contributed by atoms with van der Waals surface area (Å²) in [6.45, 7) is 0. The number of imidazole rings is 1. The molecule has 45 heavy (non-hydrogen) atoms. The van der Waals surface area contributed by atoms with Crippen LogP contribution in [0.15, 0.2) is 140 Å². The van der Waals surface area contributed by atoms with Gasteiger partial charge in [0.1, 0.15) is 5.65 Å². The van der Waals surface area contributed by atoms with Gasteiger partial charge in [0.15, 0.2) is 0 Å². The van der Waals surface area contributed by atoms with Crippen molar-refractivity contribution < 1.29 is 0 Å². The Kier molecular flexibility index (Phi) is 4.46. The number of thiophene rings is 1. The molecule has 6 aromatic carbocycles. The number of pyridine rings is 1. The number of aromatic nitrogens is 3. The van der Waals surface area contributed by atoms with Crippen molar-refractivity contribution in [3.05, 3.63) is 140 Å². The lowest BCUT2D eigenvalue weighted by Crippen LogP contribution is -1.94. The van der Waals surface area contributed by atoms with E-state index in [-0.39, 0.29) is 0 Å². The zero-order valence-electron chi connectivity index (χ0n) is 24.0. The summed E-state index contributed by atoms with van der Waals surface area (Å²) in [5.41, 5.74) is 9.20. The molecule has 11 aromatic rings. The molecular weight excluding hydrogens is 567 g/mol. The highest BCUT2D eigenvalue weighted by Gasteiger charge is 2.23. The SMILES string of the molecule is c1ccc(-c2nc3cccc4c5cc(-n6c7ccccc7c7c8ccccc8c8c9ccccc9sc8c76)ccc5c2n34)cc1. The Morgan fingerprint density at radius 1 is 0.489 bits per heavy atom. The van der Waals surface area contributed by atoms with Gasteiger partial charge in [0.25, 0.3) is 0 Å². The third-order valence-electron chi connectivity index (χ3n) is 9.63. The van der Waals surface area contributed by atoms with E-state index in [1.807, 2.05) is 11.3 Å². The second kappa shape index (κ2) is 8.47. The van der Waals surface area contributed by atoms with E-state index in [0.29, 0.717) is 0 Å². The number of fused-ring (bicyclic) bond motifs is 13. The van der Waals surface area contributed by atoms with Crippen molar-refractivity contribution in [3.63, 3.8) is 0 Å². The molecule has 0 aliphatic heterocycles. The van der Waals surface area contributed by atoms with Crippen molar-refractivity contribution in [2.24, 2.45) is 0 Å². The molecule has 0 aliphatic carbocycles. The lowest BCUT2D eigenvalue weighted by molar-refractivity contribution is 1.19. The van der Waals surface area contributed by atoms with Crippen LogP contribution in [0.1, 0.15) is 0 Å². The van der Waals surface area contributed by atoms with Crippen LogP contribution in [-0.2, 0) is 0 Å². The van der Waals surface area contributed by atoms with E-state index >= 15 is 0 Å². The van der Waals surface area contributed by atoms with E-state index in [4.69, 9.17) is 4.98 Å². The molecular formula is C41H23N3S. The normalized spacial score (nSPS) is 12.4. The quantitative estimate of drug-likeness (QED) is 0.197. The summed E-state index contributed by atoms with van der Waals surface area (Å²) >= 11 is 1.91. The van der Waals surface area contributed by atoms with E-state index in [1.165, 1.54) is 80.2 Å². The van der Waals surface area contributed by atoms with Crippen molar-refractivity contribution in [2.75, 3.05) is 0 Å². The molecule has 0 aliphatic rings. The van der Waals surface area contributed by atoms with Gasteiger partial charge in [-0.05, 0) is 47.2 Å². The number of nitrogens with zero attached hydrogens (tertiary/aromatic N) is 3. The Hall–Kier alpha value is -5.71. The van der Waals surface area contributed by atoms with Gasteiger partial charge in [-0.15, -0.1) is 11.3 Å². The number of para-hydroxylation sites is 1. The number of benzene rings is 6. The van der Waals surface area contributed by atoms with Gasteiger partial charge >= 0.3 is 0 Å². The molecule has 0 bridgehead atoms. The predicted molar refractivity (Wildman–Crippen MR) is 192 cm³/mol. The van der Waals surface area contributed by atoms with E-state index in [9.17, 15) is 0 Å². The molecule has 5 heterocycles. The van der Waals surface area contributed by atoms with Crippen molar-refractivity contribution >= 4 is 91.5 Å². The largest absolute Gasteiger partial charge is 0.308 e. The molecule has 3 nitrogen and oxygen atoms in total. The molecule has 11 rings (SSSR count). The van der Waals surface area contributed by atoms with E-state index < -0.39 is 0 Å². The van der Waals surface area contributed by atoms with Gasteiger partial charge in [-0.1, -0.05) is 103 Å². The number of hydrogen-bond donors (Lipinski definition) is 0. The zero-order valence-corrected chi connectivity index (χ0v) is 24.8. The van der Waals surface area contributed by atoms with E-state index in [2.05, 4.69) is 148 Å². The van der Waals surface area contributed by atoms with Crippen molar-refractivity contribution in [3.8, 4) is 16.9 Å². The second-order valence-corrected chi connectivity index (χ2v) is 13.0. The second-order valence-electron chi connectivity index (χ2n) is 11.9. The molecule has 4 heteroatoms. The molecule has 208 valence electrons. The first-order valence-corrected chi connectivity index (χ1v) is 16.1. The first-order chi connectivity index (χ1) is 22.3. The molecule has 0 N–H and O–H groups in total. The average Bonchev–Trinajstić information content (AvgIpc) is 3.85. The fourth-order valence-electron chi connectivity index (χ4n) is 7.83. The molecule has 0 saturated carbocycles. The van der Waals surface area contributed by atoms with Crippen LogP contribution in [-0.4, -0.2) is 14.0 Å². The van der Waals surface area contributed by atoms with E-state index in [0.717, 1.165) is 16.9 Å². The van der Waals surface area contributed by atoms with Gasteiger partial charge in [-0.25, -0.2) is 4.98 Å². The van der Waals surface area contributed by atoms with Crippen LogP contribution in [0.4, 0.5) is 0 Å². The lowest BCUT2D eigenvalue weighted by Gasteiger charge is -2.11. The Labute approximate surface area is 261 Å². The fraction of sp³-hybridized carbons (Fsp3) is 0. The van der Waals surface area contributed by atoms with Crippen molar-refractivity contribution in [1.82, 2.24) is 14.0 Å². The predicted octanol–water partition coefficient (Wildman–Crippen LogP) is 11.4. The topological polar surface area (TPSA) is 22.2 Å². The molecule has 0 fully saturated rings. The van der Waals surface area contributed by atoms with Gasteiger partial charge in [-0.3, -0.25) is 4.40 Å². The van der Waals surface area contributed by atoms with Gasteiger partial charge in [0, 0.05) is 48.3 Å². The highest BCUT2D eigenvalue weighted by molar-refractivity contribution is 7.27. The summed E-state index contributed by atoms with van der Waals surface area (Å²) in [4.78, 5) is 5.09. The monoisotopic (exact) mass is 589 g/mol. The van der Waals surface area contributed by atoms with Gasteiger partial charge < -0.3 is 4.57 Å². The van der Waals surface area contributed by atoms with Crippen LogP contribution in [0.5, 0.6) is 0 Å². The summed E-state index contributed by atoms with van der Waals surface area (Å²) in [6.07, 6.45) is 0. The molecule has 0 radical (unpaired) electrons. The summed E-state index contributed by atoms with van der Waals surface area (Å²) in [5.74, 6) is 0. The fourth-order valence-corrected chi connectivity index (χ4v) is 9.09. The lowest BCUT2D eigenvalue weighted by atomic mass is 9.99. The third kappa shape index (κ3) is 2.97. The first-order valence-electron chi connectivity index (χ1n) is 15.3. The first kappa shape index (κ1) is 23.7. The standard InChI is InChI=1S/C41H23N3S/c1-2-11-24(12-3-1)38-39-28-22-21-25(23-31(28)33-18-10-20-35(42-38)44(33)39)43-32-17-8-6-15-29(32)36-26-13-4-5-14-27(26)37-30-16-7-9-19-34(30)45-41(37)40(36)43/h1-23H. The average molecular weight is 590 g/mol. The smallest absolute Gasteiger partial charge is 0.138 e. The summed E-state index contributed by atoms with van der Waals surface area (Å²) in [7, 11) is 0. The molecule has 5 aromatic heterocycles. The number of hydrogen-bond acceptors (Lipinski definition) is 2. The Morgan fingerprint density at radius 2 is 1.20 bits per heavy atom. The van der Waals surface area contributed by atoms with Crippen LogP contribution in [0, 0.1) is 0 Å². The van der Waals surface area contributed by atoms with Gasteiger partial charge in [-0.2, -0.15) is 0 Å². The van der Waals surface area contributed by atoms with Gasteiger partial charge in [0.2, 0.25) is 0 Å². The Bertz CT molecular complexity index is 2980. The minimum absolute atomic E-state index is 0.981. The van der Waals surface area contributed by atoms with Crippen molar-refractivity contribution in [2.45, 2.75) is 0 Å². The van der Waals surface area contributed by atoms with Gasteiger partial charge in [0.05, 0.1) is 32.5 Å². The maximum absolute atomic E-state index is 5.09. The molecule has 0 spiro atoms. The van der Waals surface area contributed by atoms with Crippen LogP contribution in [0.3, 0.4) is 0 Å². The molecule has 0 atom stereocenters. The van der Waals surface area contributed by atoms with Crippen molar-refractivity contribution in [1.29, 1.82) is 0 Å². The summed E-state index contributed by atoms with van der Waals surface area (Å²) < 4.78 is 7.51. The van der Waals surface area contributed by atoms with Crippen LogP contribution in [0.25, 0.3) is 97.1 Å². The van der Waals surface area contributed by atoms with E-state index in [1.54, 1.807) is 0 Å². The number of rotatable bonds is 2. The molecule has 0 unspecified atom stereocenters. The molecule has 0 saturated heterocycles. The van der Waals surface area contributed by atoms with Crippen LogP contribution < -0.4 is 0 Å². The Morgan fingerprint density at radius 3 is 2.07 bits per heavy atom. The highest BCUT2D eigenvalue weighted by Crippen LogP contribution is 2.48. The zero-order chi connectivity index (χ0) is 29.2. The minimum Gasteiger partial charge on any atom is -0.308 e.